The van der Waals surface area contributed by atoms with Crippen LogP contribution in [0, 0.1) is 17.7 Å². The van der Waals surface area contributed by atoms with Gasteiger partial charge in [0.1, 0.15) is 5.82 Å². The largest absolute Gasteiger partial charge is 0.338 e. The van der Waals surface area contributed by atoms with Gasteiger partial charge in [0.25, 0.3) is 5.91 Å². The third kappa shape index (κ3) is 2.47. The fraction of sp³-hybridized carbons (Fsp3) is 0.500. The number of halogens is 2. The van der Waals surface area contributed by atoms with Crippen molar-refractivity contribution in [2.24, 2.45) is 11.8 Å². The van der Waals surface area contributed by atoms with Crippen molar-refractivity contribution in [3.05, 3.63) is 34.6 Å². The second-order valence-electron chi connectivity index (χ2n) is 5.34. The van der Waals surface area contributed by atoms with Crippen LogP contribution in [0.25, 0.3) is 0 Å². The number of nitrogens with one attached hydrogen (secondary N) is 1. The van der Waals surface area contributed by atoms with Crippen LogP contribution in [0.4, 0.5) is 4.39 Å². The van der Waals surface area contributed by atoms with Gasteiger partial charge in [0.15, 0.2) is 0 Å². The van der Waals surface area contributed by atoms with E-state index in [1.807, 2.05) is 0 Å². The Morgan fingerprint density at radius 1 is 1.37 bits per heavy atom. The molecule has 1 amide bonds. The van der Waals surface area contributed by atoms with Gasteiger partial charge in [-0.05, 0) is 49.5 Å². The highest BCUT2D eigenvalue weighted by atomic mass is 35.5. The monoisotopic (exact) mass is 282 g/mol. The highest BCUT2D eigenvalue weighted by molar-refractivity contribution is 6.31. The number of piperidine rings is 1. The maximum Gasteiger partial charge on any atom is 0.256 e. The summed E-state index contributed by atoms with van der Waals surface area (Å²) in [5, 5.41) is 3.74. The minimum absolute atomic E-state index is 0.0805. The molecule has 0 spiro atoms. The molecule has 0 saturated carbocycles. The van der Waals surface area contributed by atoms with Crippen LogP contribution in [0.2, 0.25) is 5.02 Å². The summed E-state index contributed by atoms with van der Waals surface area (Å²) in [5.74, 6) is 0.416. The van der Waals surface area contributed by atoms with E-state index in [-0.39, 0.29) is 11.5 Å². The third-order valence-electron chi connectivity index (χ3n) is 4.15. The van der Waals surface area contributed by atoms with Crippen LogP contribution in [0.5, 0.6) is 0 Å². The van der Waals surface area contributed by atoms with Crippen LogP contribution in [-0.2, 0) is 0 Å². The van der Waals surface area contributed by atoms with Gasteiger partial charge in [-0.25, -0.2) is 4.39 Å². The molecule has 1 aromatic rings. The molecule has 0 bridgehead atoms. The summed E-state index contributed by atoms with van der Waals surface area (Å²) in [5.41, 5.74) is 0.0805. The second-order valence-corrected chi connectivity index (χ2v) is 5.78. The molecule has 2 fully saturated rings. The molecule has 2 heterocycles. The fourth-order valence-corrected chi connectivity index (χ4v) is 3.22. The van der Waals surface area contributed by atoms with E-state index in [4.69, 9.17) is 11.6 Å². The summed E-state index contributed by atoms with van der Waals surface area (Å²) in [7, 11) is 0. The summed E-state index contributed by atoms with van der Waals surface area (Å²) >= 11 is 5.84. The Bertz CT molecular complexity index is 508. The molecule has 3 nitrogen and oxygen atoms in total. The SMILES string of the molecule is O=C(c1cc(Cl)ccc1F)N1CCC2CNCC2C1. The molecular formula is C14H16ClFN2O. The molecule has 5 heteroatoms. The first-order chi connectivity index (χ1) is 9.15. The van der Waals surface area contributed by atoms with Crippen LogP contribution in [0.15, 0.2) is 18.2 Å². The van der Waals surface area contributed by atoms with Crippen LogP contribution in [0.3, 0.4) is 0 Å². The minimum Gasteiger partial charge on any atom is -0.338 e. The molecular weight excluding hydrogens is 267 g/mol. The van der Waals surface area contributed by atoms with Gasteiger partial charge in [-0.1, -0.05) is 11.6 Å². The van der Waals surface area contributed by atoms with Gasteiger partial charge >= 0.3 is 0 Å². The number of nitrogens with zero attached hydrogens (tertiary/aromatic N) is 1. The van der Waals surface area contributed by atoms with Crippen LogP contribution in [-0.4, -0.2) is 37.0 Å². The first kappa shape index (κ1) is 12.9. The number of benzene rings is 1. The Morgan fingerprint density at radius 3 is 3.00 bits per heavy atom. The van der Waals surface area contributed by atoms with E-state index in [2.05, 4.69) is 5.32 Å². The summed E-state index contributed by atoms with van der Waals surface area (Å²) in [4.78, 5) is 14.1. The molecule has 0 radical (unpaired) electrons. The zero-order valence-corrected chi connectivity index (χ0v) is 11.3. The van der Waals surface area contributed by atoms with Crippen molar-refractivity contribution in [1.29, 1.82) is 0 Å². The van der Waals surface area contributed by atoms with Gasteiger partial charge in [0.05, 0.1) is 5.56 Å². The van der Waals surface area contributed by atoms with E-state index in [0.29, 0.717) is 29.9 Å². The molecule has 2 unspecified atom stereocenters. The van der Waals surface area contributed by atoms with E-state index in [9.17, 15) is 9.18 Å². The Hall–Kier alpha value is -1.13. The molecule has 2 aliphatic heterocycles. The van der Waals surface area contributed by atoms with E-state index in [1.54, 1.807) is 4.90 Å². The van der Waals surface area contributed by atoms with E-state index < -0.39 is 5.82 Å². The fourth-order valence-electron chi connectivity index (χ4n) is 3.05. The Morgan fingerprint density at radius 2 is 2.16 bits per heavy atom. The average Bonchev–Trinajstić information content (AvgIpc) is 2.88. The first-order valence-corrected chi connectivity index (χ1v) is 6.98. The number of amides is 1. The number of hydrogen-bond donors (Lipinski definition) is 1. The molecule has 2 saturated heterocycles. The highest BCUT2D eigenvalue weighted by Crippen LogP contribution is 2.28. The molecule has 1 N–H and O–H groups in total. The first-order valence-electron chi connectivity index (χ1n) is 6.60. The summed E-state index contributed by atoms with van der Waals surface area (Å²) in [6, 6.07) is 4.12. The van der Waals surface area contributed by atoms with Crippen molar-refractivity contribution in [1.82, 2.24) is 10.2 Å². The van der Waals surface area contributed by atoms with Gasteiger partial charge in [-0.3, -0.25) is 4.79 Å². The summed E-state index contributed by atoms with van der Waals surface area (Å²) < 4.78 is 13.7. The van der Waals surface area contributed by atoms with Crippen molar-refractivity contribution in [2.45, 2.75) is 6.42 Å². The predicted molar refractivity (Wildman–Crippen MR) is 71.8 cm³/mol. The molecule has 0 aromatic heterocycles. The molecule has 0 aliphatic carbocycles. The molecule has 3 rings (SSSR count). The van der Waals surface area contributed by atoms with Gasteiger partial charge in [0.2, 0.25) is 0 Å². The highest BCUT2D eigenvalue weighted by Gasteiger charge is 2.35. The molecule has 19 heavy (non-hydrogen) atoms. The van der Waals surface area contributed by atoms with Crippen molar-refractivity contribution >= 4 is 17.5 Å². The third-order valence-corrected chi connectivity index (χ3v) is 4.39. The zero-order valence-electron chi connectivity index (χ0n) is 10.5. The van der Waals surface area contributed by atoms with Crippen LogP contribution >= 0.6 is 11.6 Å². The lowest BCUT2D eigenvalue weighted by Crippen LogP contribution is -2.43. The van der Waals surface area contributed by atoms with Crippen LogP contribution < -0.4 is 5.32 Å². The lowest BCUT2D eigenvalue weighted by atomic mass is 9.88. The van der Waals surface area contributed by atoms with Gasteiger partial charge < -0.3 is 10.2 Å². The predicted octanol–water partition coefficient (Wildman–Crippen LogP) is 2.16. The van der Waals surface area contributed by atoms with E-state index >= 15 is 0 Å². The zero-order chi connectivity index (χ0) is 13.4. The average molecular weight is 283 g/mol. The normalized spacial score (nSPS) is 26.3. The van der Waals surface area contributed by atoms with Gasteiger partial charge in [-0.15, -0.1) is 0 Å². The van der Waals surface area contributed by atoms with Crippen molar-refractivity contribution in [3.8, 4) is 0 Å². The van der Waals surface area contributed by atoms with E-state index in [0.717, 1.165) is 19.5 Å². The van der Waals surface area contributed by atoms with Crippen molar-refractivity contribution in [3.63, 3.8) is 0 Å². The maximum absolute atomic E-state index is 13.7. The topological polar surface area (TPSA) is 32.3 Å². The van der Waals surface area contributed by atoms with Gasteiger partial charge in [0, 0.05) is 18.1 Å². The number of carbonyl (C=O) groups is 1. The number of likely N-dealkylation sites (tertiary alicyclic amines) is 1. The Labute approximate surface area is 116 Å². The summed E-state index contributed by atoms with van der Waals surface area (Å²) in [6.45, 7) is 3.40. The molecule has 2 aliphatic rings. The standard InChI is InChI=1S/C14H16ClFN2O/c15-11-1-2-13(16)12(5-11)14(19)18-4-3-9-6-17-7-10(9)8-18/h1-2,5,9-10,17H,3-4,6-8H2. The number of carbonyl (C=O) groups excluding carboxylic acids is 1. The lowest BCUT2D eigenvalue weighted by molar-refractivity contribution is 0.0638. The number of hydrogen-bond acceptors (Lipinski definition) is 2. The van der Waals surface area contributed by atoms with Crippen molar-refractivity contribution in [2.75, 3.05) is 26.2 Å². The maximum atomic E-state index is 13.7. The van der Waals surface area contributed by atoms with Gasteiger partial charge in [-0.2, -0.15) is 0 Å². The Kier molecular flexibility index (Phi) is 3.46. The molecule has 2 atom stereocenters. The van der Waals surface area contributed by atoms with E-state index in [1.165, 1.54) is 18.2 Å². The molecule has 102 valence electrons. The quantitative estimate of drug-likeness (QED) is 0.856. The Balaban J connectivity index is 1.78. The minimum atomic E-state index is -0.499. The smallest absolute Gasteiger partial charge is 0.256 e. The number of fused-ring (bicyclic) bond motifs is 1. The molecule has 1 aromatic carbocycles. The number of rotatable bonds is 1. The second kappa shape index (κ2) is 5.10. The van der Waals surface area contributed by atoms with Crippen molar-refractivity contribution < 1.29 is 9.18 Å². The summed E-state index contributed by atoms with van der Waals surface area (Å²) in [6.07, 6.45) is 0.992. The van der Waals surface area contributed by atoms with Crippen LogP contribution in [0.1, 0.15) is 16.8 Å². The lowest BCUT2D eigenvalue weighted by Gasteiger charge is -2.34.